The fraction of sp³-hybridized carbons (Fsp3) is 0.650. The Kier molecular flexibility index (Phi) is 4.35. The van der Waals surface area contributed by atoms with Gasteiger partial charge < -0.3 is 14.5 Å². The van der Waals surface area contributed by atoms with Crippen LogP contribution in [0.2, 0.25) is 0 Å². The molecule has 3 aliphatic heterocycles. The van der Waals surface area contributed by atoms with Gasteiger partial charge in [-0.05, 0) is 63.7 Å². The SMILES string of the molecule is Cc1cccc(C(=O)N2CC3(CCC(CN4CCCC4)CO3)C2)c1. The van der Waals surface area contributed by atoms with Crippen LogP contribution in [0.25, 0.3) is 0 Å². The normalized spacial score (nSPS) is 26.5. The van der Waals surface area contributed by atoms with Crippen LogP contribution in [0.15, 0.2) is 24.3 Å². The minimum Gasteiger partial charge on any atom is -0.371 e. The first-order valence-electron chi connectivity index (χ1n) is 9.36. The summed E-state index contributed by atoms with van der Waals surface area (Å²) in [7, 11) is 0. The molecular formula is C20H28N2O2. The van der Waals surface area contributed by atoms with Crippen molar-refractivity contribution in [3.8, 4) is 0 Å². The minimum atomic E-state index is -0.0546. The number of benzene rings is 1. The first-order chi connectivity index (χ1) is 11.6. The monoisotopic (exact) mass is 328 g/mol. The van der Waals surface area contributed by atoms with Crippen LogP contribution in [-0.4, -0.2) is 60.6 Å². The smallest absolute Gasteiger partial charge is 0.254 e. The molecule has 1 aromatic carbocycles. The van der Waals surface area contributed by atoms with Crippen molar-refractivity contribution in [3.63, 3.8) is 0 Å². The van der Waals surface area contributed by atoms with Crippen molar-refractivity contribution >= 4 is 5.91 Å². The predicted octanol–water partition coefficient (Wildman–Crippen LogP) is 2.71. The fourth-order valence-corrected chi connectivity index (χ4v) is 4.39. The van der Waals surface area contributed by atoms with Crippen LogP contribution in [0.5, 0.6) is 0 Å². The number of likely N-dealkylation sites (tertiary alicyclic amines) is 2. The summed E-state index contributed by atoms with van der Waals surface area (Å²) in [6.45, 7) is 8.14. The molecule has 130 valence electrons. The standard InChI is InChI=1S/C20H28N2O2/c1-16-5-4-6-18(11-16)19(23)22-14-20(15-22)8-7-17(13-24-20)12-21-9-2-3-10-21/h4-6,11,17H,2-3,7-10,12-15H2,1H3. The first-order valence-corrected chi connectivity index (χ1v) is 9.36. The van der Waals surface area contributed by atoms with E-state index in [1.807, 2.05) is 36.1 Å². The number of aryl methyl sites for hydroxylation is 1. The van der Waals surface area contributed by atoms with E-state index in [9.17, 15) is 4.79 Å². The minimum absolute atomic E-state index is 0.0546. The largest absolute Gasteiger partial charge is 0.371 e. The zero-order valence-electron chi connectivity index (χ0n) is 14.7. The molecule has 3 saturated heterocycles. The second-order valence-electron chi connectivity index (χ2n) is 7.94. The Morgan fingerprint density at radius 1 is 1.29 bits per heavy atom. The van der Waals surface area contributed by atoms with Crippen LogP contribution in [0, 0.1) is 12.8 Å². The lowest BCUT2D eigenvalue weighted by Crippen LogP contribution is -2.66. The molecule has 1 amide bonds. The van der Waals surface area contributed by atoms with Crippen molar-refractivity contribution in [2.75, 3.05) is 39.3 Å². The Morgan fingerprint density at radius 2 is 2.08 bits per heavy atom. The Balaban J connectivity index is 1.27. The Bertz CT molecular complexity index is 593. The number of carbonyl (C=O) groups is 1. The van der Waals surface area contributed by atoms with Gasteiger partial charge in [0.25, 0.3) is 5.91 Å². The van der Waals surface area contributed by atoms with E-state index in [-0.39, 0.29) is 11.5 Å². The van der Waals surface area contributed by atoms with Gasteiger partial charge in [0.15, 0.2) is 0 Å². The number of amides is 1. The van der Waals surface area contributed by atoms with E-state index in [1.54, 1.807) is 0 Å². The predicted molar refractivity (Wildman–Crippen MR) is 94.2 cm³/mol. The van der Waals surface area contributed by atoms with Gasteiger partial charge in [-0.1, -0.05) is 17.7 Å². The van der Waals surface area contributed by atoms with Crippen LogP contribution >= 0.6 is 0 Å². The molecular weight excluding hydrogens is 300 g/mol. The number of nitrogens with zero attached hydrogens (tertiary/aromatic N) is 2. The molecule has 3 fully saturated rings. The molecule has 0 saturated carbocycles. The molecule has 3 aliphatic rings. The van der Waals surface area contributed by atoms with Gasteiger partial charge in [0.2, 0.25) is 0 Å². The van der Waals surface area contributed by atoms with Crippen molar-refractivity contribution in [1.29, 1.82) is 0 Å². The maximum Gasteiger partial charge on any atom is 0.254 e. The van der Waals surface area contributed by atoms with Gasteiger partial charge in [0.1, 0.15) is 5.60 Å². The van der Waals surface area contributed by atoms with E-state index >= 15 is 0 Å². The van der Waals surface area contributed by atoms with Gasteiger partial charge >= 0.3 is 0 Å². The summed E-state index contributed by atoms with van der Waals surface area (Å²) in [4.78, 5) is 17.1. The second-order valence-corrected chi connectivity index (χ2v) is 7.94. The lowest BCUT2D eigenvalue weighted by atomic mass is 9.82. The molecule has 24 heavy (non-hydrogen) atoms. The highest BCUT2D eigenvalue weighted by atomic mass is 16.5. The maximum absolute atomic E-state index is 12.6. The van der Waals surface area contributed by atoms with Gasteiger partial charge in [-0.25, -0.2) is 0 Å². The molecule has 1 aromatic rings. The highest BCUT2D eigenvalue weighted by molar-refractivity contribution is 5.95. The lowest BCUT2D eigenvalue weighted by Gasteiger charge is -2.53. The first kappa shape index (κ1) is 16.1. The third-order valence-electron chi connectivity index (χ3n) is 5.86. The number of rotatable bonds is 3. The average molecular weight is 328 g/mol. The molecule has 0 bridgehead atoms. The molecule has 0 aliphatic carbocycles. The van der Waals surface area contributed by atoms with Gasteiger partial charge in [0.05, 0.1) is 19.7 Å². The topological polar surface area (TPSA) is 32.8 Å². The number of hydrogen-bond donors (Lipinski definition) is 0. The molecule has 3 heterocycles. The Hall–Kier alpha value is -1.39. The number of hydrogen-bond acceptors (Lipinski definition) is 3. The zero-order valence-corrected chi connectivity index (χ0v) is 14.7. The molecule has 1 atom stereocenters. The number of ether oxygens (including phenoxy) is 1. The lowest BCUT2D eigenvalue weighted by molar-refractivity contribution is -0.168. The van der Waals surface area contributed by atoms with Crippen LogP contribution in [0.4, 0.5) is 0 Å². The van der Waals surface area contributed by atoms with Crippen LogP contribution in [-0.2, 0) is 4.74 Å². The third kappa shape index (κ3) is 3.22. The van der Waals surface area contributed by atoms with E-state index in [0.717, 1.165) is 37.2 Å². The van der Waals surface area contributed by atoms with Gasteiger partial charge in [0, 0.05) is 12.1 Å². The summed E-state index contributed by atoms with van der Waals surface area (Å²) in [5, 5.41) is 0. The molecule has 0 radical (unpaired) electrons. The third-order valence-corrected chi connectivity index (χ3v) is 5.86. The molecule has 4 nitrogen and oxygen atoms in total. The van der Waals surface area contributed by atoms with Crippen LogP contribution in [0.1, 0.15) is 41.6 Å². The molecule has 1 unspecified atom stereocenters. The highest BCUT2D eigenvalue weighted by Crippen LogP contribution is 2.37. The molecule has 1 spiro atoms. The highest BCUT2D eigenvalue weighted by Gasteiger charge is 2.48. The summed E-state index contributed by atoms with van der Waals surface area (Å²) in [6, 6.07) is 7.87. The fourth-order valence-electron chi connectivity index (χ4n) is 4.39. The summed E-state index contributed by atoms with van der Waals surface area (Å²) in [5.41, 5.74) is 1.88. The van der Waals surface area contributed by atoms with Gasteiger partial charge in [-0.3, -0.25) is 4.79 Å². The van der Waals surface area contributed by atoms with E-state index in [4.69, 9.17) is 4.74 Å². The van der Waals surface area contributed by atoms with Crippen molar-refractivity contribution in [3.05, 3.63) is 35.4 Å². The van der Waals surface area contributed by atoms with Crippen molar-refractivity contribution in [2.24, 2.45) is 5.92 Å². The van der Waals surface area contributed by atoms with E-state index < -0.39 is 0 Å². The van der Waals surface area contributed by atoms with Crippen molar-refractivity contribution < 1.29 is 9.53 Å². The zero-order chi connectivity index (χ0) is 16.6. The Morgan fingerprint density at radius 3 is 2.75 bits per heavy atom. The molecule has 0 aromatic heterocycles. The van der Waals surface area contributed by atoms with Crippen molar-refractivity contribution in [2.45, 2.75) is 38.2 Å². The van der Waals surface area contributed by atoms with Crippen LogP contribution in [0.3, 0.4) is 0 Å². The van der Waals surface area contributed by atoms with Gasteiger partial charge in [-0.2, -0.15) is 0 Å². The molecule has 4 rings (SSSR count). The van der Waals surface area contributed by atoms with E-state index in [1.165, 1.54) is 38.9 Å². The summed E-state index contributed by atoms with van der Waals surface area (Å²) in [6.07, 6.45) is 5.05. The summed E-state index contributed by atoms with van der Waals surface area (Å²) < 4.78 is 6.24. The number of carbonyl (C=O) groups excluding carboxylic acids is 1. The van der Waals surface area contributed by atoms with Crippen molar-refractivity contribution in [1.82, 2.24) is 9.80 Å². The summed E-state index contributed by atoms with van der Waals surface area (Å²) in [5.74, 6) is 0.822. The maximum atomic E-state index is 12.6. The molecule has 0 N–H and O–H groups in total. The molecule has 4 heteroatoms. The van der Waals surface area contributed by atoms with Gasteiger partial charge in [-0.15, -0.1) is 0 Å². The van der Waals surface area contributed by atoms with E-state index in [0.29, 0.717) is 5.92 Å². The quantitative estimate of drug-likeness (QED) is 0.855. The Labute approximate surface area is 144 Å². The second kappa shape index (κ2) is 6.49. The van der Waals surface area contributed by atoms with Crippen LogP contribution < -0.4 is 0 Å². The average Bonchev–Trinajstić information content (AvgIpc) is 3.06. The van der Waals surface area contributed by atoms with E-state index in [2.05, 4.69) is 4.90 Å². The summed E-state index contributed by atoms with van der Waals surface area (Å²) >= 11 is 0.